The van der Waals surface area contributed by atoms with E-state index in [1.807, 2.05) is 29.7 Å². The van der Waals surface area contributed by atoms with Gasteiger partial charge in [-0.2, -0.15) is 0 Å². The van der Waals surface area contributed by atoms with Crippen LogP contribution in [0, 0.1) is 12.8 Å². The van der Waals surface area contributed by atoms with E-state index in [0.717, 1.165) is 28.3 Å². The van der Waals surface area contributed by atoms with Crippen LogP contribution in [-0.4, -0.2) is 48.3 Å². The third-order valence-corrected chi connectivity index (χ3v) is 7.30. The summed E-state index contributed by atoms with van der Waals surface area (Å²) in [6.07, 6.45) is 3.02. The Kier molecular flexibility index (Phi) is 4.80. The fourth-order valence-electron chi connectivity index (χ4n) is 5.26. The Labute approximate surface area is 203 Å². The van der Waals surface area contributed by atoms with Gasteiger partial charge in [-0.1, -0.05) is 18.2 Å². The Morgan fingerprint density at radius 3 is 2.79 bits per heavy atom. The first-order valence-corrected chi connectivity index (χ1v) is 11.9. The van der Waals surface area contributed by atoms with Gasteiger partial charge in [0, 0.05) is 11.4 Å². The molecule has 1 aliphatic carbocycles. The summed E-state index contributed by atoms with van der Waals surface area (Å²) >= 11 is 3.32. The van der Waals surface area contributed by atoms with Crippen LogP contribution in [-0.2, 0) is 16.1 Å². The van der Waals surface area contributed by atoms with E-state index in [1.54, 1.807) is 23.1 Å². The second-order valence-corrected chi connectivity index (χ2v) is 9.78. The van der Waals surface area contributed by atoms with Crippen LogP contribution in [0.4, 0.5) is 11.6 Å². The number of carbonyl (C=O) groups is 2. The minimum absolute atomic E-state index is 0.0715. The van der Waals surface area contributed by atoms with Gasteiger partial charge in [-0.25, -0.2) is 15.0 Å². The number of nitrogens with zero attached hydrogens (tertiary/aromatic N) is 5. The van der Waals surface area contributed by atoms with Crippen molar-refractivity contribution >= 4 is 61.3 Å². The molecular weight excluding hydrogens is 498 g/mol. The highest BCUT2D eigenvalue weighted by atomic mass is 79.9. The van der Waals surface area contributed by atoms with Crippen LogP contribution in [0.1, 0.15) is 18.4 Å². The highest BCUT2D eigenvalue weighted by Gasteiger charge is 2.56. The Morgan fingerprint density at radius 1 is 1.15 bits per heavy atom. The SMILES string of the molecule is Cc1cccc2c1c1c(N)ncnc1n2CC(=O)N1[C@@H]2CC2C[C@H]1C(=O)Nc1cccc(Br)n1. The maximum absolute atomic E-state index is 13.7. The van der Waals surface area contributed by atoms with Crippen molar-refractivity contribution in [1.82, 2.24) is 24.4 Å². The molecule has 0 bridgehead atoms. The number of benzene rings is 1. The van der Waals surface area contributed by atoms with E-state index in [4.69, 9.17) is 5.73 Å². The molecule has 1 saturated heterocycles. The average molecular weight is 520 g/mol. The zero-order chi connectivity index (χ0) is 23.6. The Bertz CT molecular complexity index is 1420. The lowest BCUT2D eigenvalue weighted by molar-refractivity contribution is -0.138. The molecule has 1 unspecified atom stereocenters. The van der Waals surface area contributed by atoms with Gasteiger partial charge < -0.3 is 20.5 Å². The van der Waals surface area contributed by atoms with Gasteiger partial charge in [-0.15, -0.1) is 0 Å². The molecule has 1 aliphatic heterocycles. The van der Waals surface area contributed by atoms with Crippen LogP contribution >= 0.6 is 15.9 Å². The quantitative estimate of drug-likeness (QED) is 0.399. The Hall–Kier alpha value is -3.53. The van der Waals surface area contributed by atoms with Crippen LogP contribution < -0.4 is 11.1 Å². The average Bonchev–Trinajstić information content (AvgIpc) is 3.34. The molecule has 6 rings (SSSR count). The van der Waals surface area contributed by atoms with Crippen LogP contribution in [0.3, 0.4) is 0 Å². The number of anilines is 2. The van der Waals surface area contributed by atoms with Crippen LogP contribution in [0.5, 0.6) is 0 Å². The van der Waals surface area contributed by atoms with Gasteiger partial charge in [0.05, 0.1) is 10.9 Å². The molecule has 4 aromatic rings. The number of carbonyl (C=O) groups excluding carboxylic acids is 2. The summed E-state index contributed by atoms with van der Waals surface area (Å²) in [6.45, 7) is 2.08. The lowest BCUT2D eigenvalue weighted by Gasteiger charge is -2.27. The lowest BCUT2D eigenvalue weighted by Crippen LogP contribution is -2.46. The van der Waals surface area contributed by atoms with Crippen molar-refractivity contribution in [1.29, 1.82) is 0 Å². The summed E-state index contributed by atoms with van der Waals surface area (Å²) in [7, 11) is 0. The van der Waals surface area contributed by atoms with Crippen LogP contribution in [0.25, 0.3) is 21.9 Å². The maximum atomic E-state index is 13.7. The highest BCUT2D eigenvalue weighted by Crippen LogP contribution is 2.48. The van der Waals surface area contributed by atoms with E-state index in [-0.39, 0.29) is 24.4 Å². The highest BCUT2D eigenvalue weighted by molar-refractivity contribution is 9.10. The van der Waals surface area contributed by atoms with E-state index in [1.165, 1.54) is 6.33 Å². The second-order valence-electron chi connectivity index (χ2n) is 8.96. The van der Waals surface area contributed by atoms with E-state index >= 15 is 0 Å². The van der Waals surface area contributed by atoms with Crippen LogP contribution in [0.2, 0.25) is 0 Å². The van der Waals surface area contributed by atoms with Gasteiger partial charge in [0.2, 0.25) is 11.8 Å². The van der Waals surface area contributed by atoms with Crippen molar-refractivity contribution in [3.05, 3.63) is 52.9 Å². The molecule has 1 aromatic carbocycles. The first-order valence-electron chi connectivity index (χ1n) is 11.1. The van der Waals surface area contributed by atoms with Gasteiger partial charge >= 0.3 is 0 Å². The van der Waals surface area contributed by atoms with E-state index in [0.29, 0.717) is 34.2 Å². The van der Waals surface area contributed by atoms with Gasteiger partial charge in [0.1, 0.15) is 40.8 Å². The number of rotatable bonds is 4. The van der Waals surface area contributed by atoms with Crippen molar-refractivity contribution in [2.24, 2.45) is 5.92 Å². The summed E-state index contributed by atoms with van der Waals surface area (Å²) in [6, 6.07) is 10.8. The maximum Gasteiger partial charge on any atom is 0.248 e. The molecular formula is C24H22BrN7O2. The number of aromatic nitrogens is 4. The molecule has 0 spiro atoms. The predicted molar refractivity (Wildman–Crippen MR) is 132 cm³/mol. The molecule has 3 N–H and O–H groups in total. The number of nitrogen functional groups attached to an aromatic ring is 1. The molecule has 4 heterocycles. The molecule has 34 heavy (non-hydrogen) atoms. The fourth-order valence-corrected chi connectivity index (χ4v) is 5.61. The minimum Gasteiger partial charge on any atom is -0.383 e. The molecule has 3 aromatic heterocycles. The zero-order valence-electron chi connectivity index (χ0n) is 18.4. The smallest absolute Gasteiger partial charge is 0.248 e. The summed E-state index contributed by atoms with van der Waals surface area (Å²) in [4.78, 5) is 41.4. The summed E-state index contributed by atoms with van der Waals surface area (Å²) < 4.78 is 2.52. The Morgan fingerprint density at radius 2 is 1.97 bits per heavy atom. The zero-order valence-corrected chi connectivity index (χ0v) is 20.0. The number of pyridine rings is 1. The number of aryl methyl sites for hydroxylation is 1. The minimum atomic E-state index is -0.522. The summed E-state index contributed by atoms with van der Waals surface area (Å²) in [5.74, 6) is 0.893. The van der Waals surface area contributed by atoms with Gasteiger partial charge in [0.25, 0.3) is 0 Å². The number of hydrogen-bond acceptors (Lipinski definition) is 6. The van der Waals surface area contributed by atoms with Crippen molar-refractivity contribution in [2.75, 3.05) is 11.1 Å². The van der Waals surface area contributed by atoms with E-state index in [9.17, 15) is 9.59 Å². The van der Waals surface area contributed by atoms with E-state index < -0.39 is 6.04 Å². The molecule has 172 valence electrons. The molecule has 2 aliphatic rings. The second kappa shape index (κ2) is 7.76. The van der Waals surface area contributed by atoms with Crippen LogP contribution in [0.15, 0.2) is 47.3 Å². The number of fused-ring (bicyclic) bond motifs is 4. The van der Waals surface area contributed by atoms with Crippen molar-refractivity contribution < 1.29 is 9.59 Å². The van der Waals surface area contributed by atoms with E-state index in [2.05, 4.69) is 36.2 Å². The molecule has 2 fully saturated rings. The Balaban J connectivity index is 1.33. The van der Waals surface area contributed by atoms with Crippen molar-refractivity contribution in [2.45, 2.75) is 38.4 Å². The summed E-state index contributed by atoms with van der Waals surface area (Å²) in [5, 5.41) is 4.57. The number of hydrogen-bond donors (Lipinski definition) is 2. The first kappa shape index (κ1) is 21.0. The number of nitrogens with one attached hydrogen (secondary N) is 1. The van der Waals surface area contributed by atoms with Gasteiger partial charge in [-0.3, -0.25) is 9.59 Å². The first-order chi connectivity index (χ1) is 16.4. The molecule has 3 atom stereocenters. The normalized spacial score (nSPS) is 21.1. The van der Waals surface area contributed by atoms with Crippen molar-refractivity contribution in [3.63, 3.8) is 0 Å². The largest absolute Gasteiger partial charge is 0.383 e. The van der Waals surface area contributed by atoms with Gasteiger partial charge in [-0.05, 0) is 65.4 Å². The molecule has 9 nitrogen and oxygen atoms in total. The number of nitrogens with two attached hydrogens (primary N) is 1. The summed E-state index contributed by atoms with van der Waals surface area (Å²) in [5.41, 5.74) is 8.75. The molecule has 10 heteroatoms. The van der Waals surface area contributed by atoms with Gasteiger partial charge in [0.15, 0.2) is 0 Å². The molecule has 2 amide bonds. The predicted octanol–water partition coefficient (Wildman–Crippen LogP) is 3.26. The number of piperidine rings is 1. The third kappa shape index (κ3) is 3.32. The fraction of sp³-hybridized carbons (Fsp3) is 0.292. The lowest BCUT2D eigenvalue weighted by atomic mass is 10.1. The monoisotopic (exact) mass is 519 g/mol. The topological polar surface area (TPSA) is 119 Å². The molecule has 0 radical (unpaired) electrons. The number of halogens is 1. The third-order valence-electron chi connectivity index (χ3n) is 6.86. The number of amides is 2. The molecule has 1 saturated carbocycles. The number of likely N-dealkylation sites (tertiary alicyclic amines) is 1. The van der Waals surface area contributed by atoms with Crippen molar-refractivity contribution in [3.8, 4) is 0 Å². The standard InChI is InChI=1S/C24H22BrN7O2/c1-12-4-2-5-14-20(12)21-22(26)27-11-28-23(21)31(14)10-19(33)32-15-8-13(15)9-16(32)24(34)30-18-7-3-6-17(25)29-18/h2-7,11,13,15-16H,8-10H2,1H3,(H2,26,27,28)(H,29,30,34)/t13?,15-,16+/m1/s1.